The van der Waals surface area contributed by atoms with E-state index < -0.39 is 8.07 Å². The largest absolute Gasteiger partial charge is 0.465 e. The van der Waals surface area contributed by atoms with E-state index in [-0.39, 0.29) is 5.97 Å². The molecular weight excluding hydrogens is 240 g/mol. The summed E-state index contributed by atoms with van der Waals surface area (Å²) in [5.74, 6) is -0.251. The predicted molar refractivity (Wildman–Crippen MR) is 77.1 cm³/mol. The van der Waals surface area contributed by atoms with Crippen molar-refractivity contribution < 1.29 is 9.53 Å². The molecule has 0 N–H and O–H groups in total. The first-order valence-electron chi connectivity index (χ1n) is 6.03. The van der Waals surface area contributed by atoms with Gasteiger partial charge in [0, 0.05) is 0 Å². The molecule has 0 spiro atoms. The SMILES string of the molecule is COC(=O)C(=C=CCc1ccccc1)[Si](C)(C)C. The molecule has 3 heteroatoms. The van der Waals surface area contributed by atoms with Crippen LogP contribution in [0.15, 0.2) is 47.3 Å². The molecule has 0 aliphatic carbocycles. The molecule has 0 amide bonds. The summed E-state index contributed by atoms with van der Waals surface area (Å²) in [6, 6.07) is 10.1. The monoisotopic (exact) mass is 260 g/mol. The Kier molecular flexibility index (Phi) is 5.14. The summed E-state index contributed by atoms with van der Waals surface area (Å²) in [6.45, 7) is 6.34. The van der Waals surface area contributed by atoms with Gasteiger partial charge in [0.25, 0.3) is 0 Å². The topological polar surface area (TPSA) is 26.3 Å². The summed E-state index contributed by atoms with van der Waals surface area (Å²) in [5, 5.41) is 0.709. The van der Waals surface area contributed by atoms with Crippen LogP contribution in [0.2, 0.25) is 19.6 Å². The molecule has 0 radical (unpaired) electrons. The number of methoxy groups -OCH3 is 1. The van der Waals surface area contributed by atoms with E-state index in [1.54, 1.807) is 0 Å². The lowest BCUT2D eigenvalue weighted by atomic mass is 10.1. The summed E-state index contributed by atoms with van der Waals surface area (Å²) >= 11 is 0. The van der Waals surface area contributed by atoms with Crippen LogP contribution in [0.25, 0.3) is 0 Å². The molecule has 0 fully saturated rings. The van der Waals surface area contributed by atoms with Gasteiger partial charge in [0.2, 0.25) is 0 Å². The average molecular weight is 260 g/mol. The van der Waals surface area contributed by atoms with Crippen molar-refractivity contribution in [1.29, 1.82) is 0 Å². The molecule has 1 aromatic carbocycles. The van der Waals surface area contributed by atoms with E-state index in [1.807, 2.05) is 24.3 Å². The second-order valence-electron chi connectivity index (χ2n) is 5.15. The Hall–Kier alpha value is -1.57. The minimum Gasteiger partial charge on any atom is -0.465 e. The predicted octanol–water partition coefficient (Wildman–Crippen LogP) is 3.36. The molecule has 0 aromatic heterocycles. The molecule has 0 saturated heterocycles. The molecule has 0 unspecified atom stereocenters. The third-order valence-electron chi connectivity index (χ3n) is 2.57. The van der Waals surface area contributed by atoms with Gasteiger partial charge in [-0.25, -0.2) is 4.79 Å². The molecule has 0 atom stereocenters. The average Bonchev–Trinajstić information content (AvgIpc) is 2.33. The molecular formula is C15H20O2Si. The molecule has 18 heavy (non-hydrogen) atoms. The fraction of sp³-hybridized carbons (Fsp3) is 0.333. The van der Waals surface area contributed by atoms with Gasteiger partial charge in [0.05, 0.1) is 20.4 Å². The van der Waals surface area contributed by atoms with E-state index in [4.69, 9.17) is 4.74 Å². The number of hydrogen-bond donors (Lipinski definition) is 0. The van der Waals surface area contributed by atoms with Crippen molar-refractivity contribution in [3.05, 3.63) is 52.9 Å². The fourth-order valence-electron chi connectivity index (χ4n) is 1.57. The van der Waals surface area contributed by atoms with E-state index in [1.165, 1.54) is 12.7 Å². The zero-order valence-electron chi connectivity index (χ0n) is 11.5. The number of ether oxygens (including phenoxy) is 1. The Bertz CT molecular complexity index is 463. The highest BCUT2D eigenvalue weighted by Gasteiger charge is 2.26. The second-order valence-corrected chi connectivity index (χ2v) is 10.2. The molecule has 0 heterocycles. The minimum absolute atomic E-state index is 0.251. The maximum absolute atomic E-state index is 11.7. The lowest BCUT2D eigenvalue weighted by Crippen LogP contribution is -2.29. The van der Waals surface area contributed by atoms with Crippen LogP contribution in [0.5, 0.6) is 0 Å². The maximum atomic E-state index is 11.7. The Morgan fingerprint density at radius 2 is 1.89 bits per heavy atom. The lowest BCUT2D eigenvalue weighted by molar-refractivity contribution is -0.135. The molecule has 0 bridgehead atoms. The highest BCUT2D eigenvalue weighted by atomic mass is 28.3. The van der Waals surface area contributed by atoms with Crippen LogP contribution >= 0.6 is 0 Å². The van der Waals surface area contributed by atoms with Crippen LogP contribution in [-0.4, -0.2) is 21.2 Å². The quantitative estimate of drug-likeness (QED) is 0.359. The standard InChI is InChI=1S/C15H20O2Si/c1-17-15(16)14(18(2,3)4)12-8-11-13-9-6-5-7-10-13/h5-10H,11H2,1-4H3. The molecule has 1 aromatic rings. The lowest BCUT2D eigenvalue weighted by Gasteiger charge is -2.15. The smallest absolute Gasteiger partial charge is 0.337 e. The van der Waals surface area contributed by atoms with Crippen molar-refractivity contribution in [2.24, 2.45) is 0 Å². The van der Waals surface area contributed by atoms with Gasteiger partial charge in [-0.1, -0.05) is 50.0 Å². The number of carbonyl (C=O) groups excluding carboxylic acids is 1. The second kappa shape index (κ2) is 6.38. The van der Waals surface area contributed by atoms with Crippen molar-refractivity contribution in [1.82, 2.24) is 0 Å². The zero-order valence-corrected chi connectivity index (χ0v) is 12.5. The molecule has 0 saturated carbocycles. The number of carbonyl (C=O) groups is 1. The Balaban J connectivity index is 2.92. The van der Waals surface area contributed by atoms with Gasteiger partial charge in [-0.2, -0.15) is 0 Å². The van der Waals surface area contributed by atoms with E-state index in [0.717, 1.165) is 6.42 Å². The number of hydrogen-bond acceptors (Lipinski definition) is 2. The van der Waals surface area contributed by atoms with Crippen LogP contribution < -0.4 is 0 Å². The fourth-order valence-corrected chi connectivity index (χ4v) is 2.82. The van der Waals surface area contributed by atoms with Crippen LogP contribution in [-0.2, 0) is 16.0 Å². The number of rotatable bonds is 4. The van der Waals surface area contributed by atoms with E-state index in [0.29, 0.717) is 5.20 Å². The van der Waals surface area contributed by atoms with Gasteiger partial charge in [0.15, 0.2) is 0 Å². The van der Waals surface area contributed by atoms with Gasteiger partial charge in [0.1, 0.15) is 0 Å². The highest BCUT2D eigenvalue weighted by molar-refractivity contribution is 6.86. The summed E-state index contributed by atoms with van der Waals surface area (Å²) in [5.41, 5.74) is 4.35. The van der Waals surface area contributed by atoms with Gasteiger partial charge >= 0.3 is 5.97 Å². The van der Waals surface area contributed by atoms with E-state index >= 15 is 0 Å². The zero-order chi connectivity index (χ0) is 13.6. The van der Waals surface area contributed by atoms with Gasteiger partial charge in [-0.3, -0.25) is 0 Å². The molecule has 96 valence electrons. The van der Waals surface area contributed by atoms with Crippen molar-refractivity contribution in [2.75, 3.05) is 7.11 Å². The molecule has 1 rings (SSSR count). The van der Waals surface area contributed by atoms with Gasteiger partial charge < -0.3 is 4.74 Å². The first-order valence-corrected chi connectivity index (χ1v) is 9.53. The van der Waals surface area contributed by atoms with Crippen LogP contribution in [0.4, 0.5) is 0 Å². The van der Waals surface area contributed by atoms with Gasteiger partial charge in [-0.15, -0.1) is 5.73 Å². The Morgan fingerprint density at radius 3 is 2.39 bits per heavy atom. The Morgan fingerprint density at radius 1 is 1.28 bits per heavy atom. The van der Waals surface area contributed by atoms with Gasteiger partial charge in [-0.05, 0) is 18.1 Å². The minimum atomic E-state index is -1.71. The van der Waals surface area contributed by atoms with Crippen molar-refractivity contribution in [3.8, 4) is 0 Å². The van der Waals surface area contributed by atoms with Crippen molar-refractivity contribution in [3.63, 3.8) is 0 Å². The molecule has 0 aliphatic heterocycles. The van der Waals surface area contributed by atoms with Crippen LogP contribution in [0.1, 0.15) is 5.56 Å². The third-order valence-corrected chi connectivity index (χ3v) is 4.41. The van der Waals surface area contributed by atoms with E-state index in [9.17, 15) is 4.79 Å². The summed E-state index contributed by atoms with van der Waals surface area (Å²) < 4.78 is 4.82. The van der Waals surface area contributed by atoms with Crippen molar-refractivity contribution in [2.45, 2.75) is 26.1 Å². The van der Waals surface area contributed by atoms with Crippen LogP contribution in [0, 0.1) is 0 Å². The molecule has 0 aliphatic rings. The van der Waals surface area contributed by atoms with E-state index in [2.05, 4.69) is 37.5 Å². The van der Waals surface area contributed by atoms with Crippen molar-refractivity contribution >= 4 is 14.0 Å². The third kappa shape index (κ3) is 4.36. The Labute approximate surface area is 110 Å². The highest BCUT2D eigenvalue weighted by Crippen LogP contribution is 2.14. The summed E-state index contributed by atoms with van der Waals surface area (Å²) in [4.78, 5) is 11.7. The molecule has 2 nitrogen and oxygen atoms in total. The number of esters is 1. The summed E-state index contributed by atoms with van der Waals surface area (Å²) in [6.07, 6.45) is 2.70. The first kappa shape index (κ1) is 14.5. The van der Waals surface area contributed by atoms with Crippen LogP contribution in [0.3, 0.4) is 0 Å². The normalized spacial score (nSPS) is 10.4. The first-order chi connectivity index (χ1) is 8.45. The maximum Gasteiger partial charge on any atom is 0.337 e. The summed E-state index contributed by atoms with van der Waals surface area (Å²) in [7, 11) is -0.291. The number of benzene rings is 1.